The summed E-state index contributed by atoms with van der Waals surface area (Å²) < 4.78 is 0. The summed E-state index contributed by atoms with van der Waals surface area (Å²) >= 11 is 0. The highest BCUT2D eigenvalue weighted by molar-refractivity contribution is 5.43. The zero-order valence-corrected chi connectivity index (χ0v) is 13.1. The van der Waals surface area contributed by atoms with Gasteiger partial charge in [-0.3, -0.25) is 0 Å². The quantitative estimate of drug-likeness (QED) is 0.647. The maximum atomic E-state index is 11.4. The van der Waals surface area contributed by atoms with Crippen molar-refractivity contribution in [1.82, 2.24) is 4.90 Å². The standard InChI is InChI=1S/C18H28N2O/c1-2-3-4-10-20-12-15-8-9-16(13-20)18(15,21)14-6-5-7-17(19)11-14/h5-7,11,15-16,21H,2-4,8-10,12-13,19H2,1H3. The van der Waals surface area contributed by atoms with Gasteiger partial charge in [0.05, 0.1) is 5.60 Å². The number of piperidine rings is 1. The third-order valence-corrected chi connectivity index (χ3v) is 5.49. The van der Waals surface area contributed by atoms with Gasteiger partial charge in [-0.25, -0.2) is 0 Å². The highest BCUT2D eigenvalue weighted by Gasteiger charge is 2.53. The summed E-state index contributed by atoms with van der Waals surface area (Å²) in [5, 5.41) is 11.4. The monoisotopic (exact) mass is 288 g/mol. The van der Waals surface area contributed by atoms with Gasteiger partial charge in [-0.15, -0.1) is 0 Å². The van der Waals surface area contributed by atoms with Crippen molar-refractivity contribution in [2.24, 2.45) is 11.8 Å². The predicted octanol–water partition coefficient (Wildman–Crippen LogP) is 2.99. The number of aliphatic hydroxyl groups is 1. The lowest BCUT2D eigenvalue weighted by molar-refractivity contribution is -0.0898. The van der Waals surface area contributed by atoms with Crippen LogP contribution < -0.4 is 5.73 Å². The molecule has 1 heterocycles. The van der Waals surface area contributed by atoms with Crippen LogP contribution >= 0.6 is 0 Å². The van der Waals surface area contributed by atoms with Crippen molar-refractivity contribution in [2.75, 3.05) is 25.4 Å². The summed E-state index contributed by atoms with van der Waals surface area (Å²) in [6.07, 6.45) is 6.15. The van der Waals surface area contributed by atoms with Crippen molar-refractivity contribution in [3.63, 3.8) is 0 Å². The summed E-state index contributed by atoms with van der Waals surface area (Å²) in [6.45, 7) is 5.50. The third-order valence-electron chi connectivity index (χ3n) is 5.49. The number of nitrogens with zero attached hydrogens (tertiary/aromatic N) is 1. The molecule has 2 bridgehead atoms. The van der Waals surface area contributed by atoms with Crippen LogP contribution in [0, 0.1) is 11.8 Å². The summed E-state index contributed by atoms with van der Waals surface area (Å²) in [5.74, 6) is 0.722. The van der Waals surface area contributed by atoms with Gasteiger partial charge in [0.15, 0.2) is 0 Å². The van der Waals surface area contributed by atoms with E-state index in [1.54, 1.807) is 0 Å². The second-order valence-electron chi connectivity index (χ2n) is 6.89. The van der Waals surface area contributed by atoms with Crippen LogP contribution in [0.15, 0.2) is 24.3 Å². The highest BCUT2D eigenvalue weighted by Crippen LogP contribution is 2.51. The Labute approximate surface area is 128 Å². The molecule has 1 saturated heterocycles. The van der Waals surface area contributed by atoms with Gasteiger partial charge in [0.1, 0.15) is 0 Å². The molecule has 2 atom stereocenters. The number of likely N-dealkylation sites (tertiary alicyclic amines) is 1. The molecule has 3 heteroatoms. The molecule has 3 nitrogen and oxygen atoms in total. The van der Waals surface area contributed by atoms with Crippen LogP contribution in [-0.4, -0.2) is 29.6 Å². The minimum atomic E-state index is -0.656. The second kappa shape index (κ2) is 5.98. The lowest BCUT2D eigenvalue weighted by Gasteiger charge is -2.45. The Kier molecular flexibility index (Phi) is 4.23. The number of hydrogen-bond acceptors (Lipinski definition) is 3. The second-order valence-corrected chi connectivity index (χ2v) is 6.89. The Hall–Kier alpha value is -1.06. The lowest BCUT2D eigenvalue weighted by atomic mass is 9.75. The molecule has 3 N–H and O–H groups in total. The van der Waals surface area contributed by atoms with Crippen LogP contribution in [0.5, 0.6) is 0 Å². The number of hydrogen-bond donors (Lipinski definition) is 2. The molecule has 1 saturated carbocycles. The molecule has 1 aliphatic heterocycles. The van der Waals surface area contributed by atoms with Gasteiger partial charge in [0.25, 0.3) is 0 Å². The van der Waals surface area contributed by atoms with Crippen molar-refractivity contribution in [2.45, 2.75) is 44.6 Å². The first kappa shape index (κ1) is 14.9. The summed E-state index contributed by atoms with van der Waals surface area (Å²) in [5.41, 5.74) is 7.05. The number of anilines is 1. The van der Waals surface area contributed by atoms with Crippen LogP contribution in [0.2, 0.25) is 0 Å². The molecule has 0 spiro atoms. The minimum absolute atomic E-state index is 0.361. The molecule has 21 heavy (non-hydrogen) atoms. The van der Waals surface area contributed by atoms with E-state index in [0.29, 0.717) is 11.8 Å². The fourth-order valence-electron chi connectivity index (χ4n) is 4.36. The Morgan fingerprint density at radius 1 is 1.24 bits per heavy atom. The van der Waals surface area contributed by atoms with Crippen LogP contribution in [0.1, 0.15) is 44.6 Å². The van der Waals surface area contributed by atoms with Crippen molar-refractivity contribution >= 4 is 5.69 Å². The molecule has 1 aliphatic carbocycles. The van der Waals surface area contributed by atoms with E-state index in [0.717, 1.165) is 37.2 Å². The maximum absolute atomic E-state index is 11.4. The molecular weight excluding hydrogens is 260 g/mol. The Balaban J connectivity index is 1.75. The molecule has 1 aromatic rings. The van der Waals surface area contributed by atoms with E-state index in [1.165, 1.54) is 25.8 Å². The minimum Gasteiger partial charge on any atom is -0.399 e. The molecule has 0 aromatic heterocycles. The van der Waals surface area contributed by atoms with E-state index < -0.39 is 5.60 Å². The number of nitrogen functional groups attached to an aromatic ring is 1. The molecule has 2 fully saturated rings. The zero-order valence-electron chi connectivity index (χ0n) is 13.1. The van der Waals surface area contributed by atoms with Crippen LogP contribution in [0.4, 0.5) is 5.69 Å². The van der Waals surface area contributed by atoms with Gasteiger partial charge in [0, 0.05) is 30.6 Å². The molecule has 3 rings (SSSR count). The van der Waals surface area contributed by atoms with Gasteiger partial charge >= 0.3 is 0 Å². The number of fused-ring (bicyclic) bond motifs is 2. The topological polar surface area (TPSA) is 49.5 Å². The van der Waals surface area contributed by atoms with Crippen molar-refractivity contribution < 1.29 is 5.11 Å². The van der Waals surface area contributed by atoms with Crippen molar-refractivity contribution in [1.29, 1.82) is 0 Å². The highest BCUT2D eigenvalue weighted by atomic mass is 16.3. The number of nitrogens with two attached hydrogens (primary N) is 1. The van der Waals surface area contributed by atoms with Gasteiger partial charge < -0.3 is 15.7 Å². The van der Waals surface area contributed by atoms with E-state index in [-0.39, 0.29) is 0 Å². The van der Waals surface area contributed by atoms with Crippen LogP contribution in [-0.2, 0) is 5.60 Å². The van der Waals surface area contributed by atoms with Gasteiger partial charge in [-0.1, -0.05) is 31.9 Å². The molecule has 2 unspecified atom stereocenters. The van der Waals surface area contributed by atoms with E-state index in [4.69, 9.17) is 5.73 Å². The first-order valence-electron chi connectivity index (χ1n) is 8.45. The number of rotatable bonds is 5. The van der Waals surface area contributed by atoms with Crippen LogP contribution in [0.3, 0.4) is 0 Å². The largest absolute Gasteiger partial charge is 0.399 e. The van der Waals surface area contributed by atoms with Gasteiger partial charge in [-0.05, 0) is 43.5 Å². The molecule has 0 amide bonds. The van der Waals surface area contributed by atoms with Crippen LogP contribution in [0.25, 0.3) is 0 Å². The maximum Gasteiger partial charge on any atom is 0.0977 e. The summed E-state index contributed by atoms with van der Waals surface area (Å²) in [7, 11) is 0. The number of benzene rings is 1. The van der Waals surface area contributed by atoms with E-state index in [9.17, 15) is 5.11 Å². The Bertz CT molecular complexity index is 474. The molecule has 116 valence electrons. The average molecular weight is 288 g/mol. The molecule has 2 aliphatic rings. The third kappa shape index (κ3) is 2.69. The fourth-order valence-corrected chi connectivity index (χ4v) is 4.36. The lowest BCUT2D eigenvalue weighted by Crippen LogP contribution is -2.52. The SMILES string of the molecule is CCCCCN1CC2CCC(C1)C2(O)c1cccc(N)c1. The first-order valence-corrected chi connectivity index (χ1v) is 8.45. The molecule has 1 aromatic carbocycles. The van der Waals surface area contributed by atoms with E-state index in [1.807, 2.05) is 18.2 Å². The summed E-state index contributed by atoms with van der Waals surface area (Å²) in [4.78, 5) is 2.57. The van der Waals surface area contributed by atoms with Gasteiger partial charge in [0.2, 0.25) is 0 Å². The Morgan fingerprint density at radius 2 is 1.95 bits per heavy atom. The van der Waals surface area contributed by atoms with E-state index >= 15 is 0 Å². The fraction of sp³-hybridized carbons (Fsp3) is 0.667. The van der Waals surface area contributed by atoms with E-state index in [2.05, 4.69) is 17.9 Å². The normalized spacial score (nSPS) is 32.5. The summed E-state index contributed by atoms with van der Waals surface area (Å²) in [6, 6.07) is 7.89. The molecular formula is C18H28N2O. The Morgan fingerprint density at radius 3 is 2.57 bits per heavy atom. The average Bonchev–Trinajstić information content (AvgIpc) is 2.66. The first-order chi connectivity index (χ1) is 10.1. The smallest absolute Gasteiger partial charge is 0.0977 e. The van der Waals surface area contributed by atoms with Crippen molar-refractivity contribution in [3.8, 4) is 0 Å². The van der Waals surface area contributed by atoms with Crippen molar-refractivity contribution in [3.05, 3.63) is 29.8 Å². The number of unbranched alkanes of at least 4 members (excludes halogenated alkanes) is 2. The predicted molar refractivity (Wildman–Crippen MR) is 86.9 cm³/mol. The molecule has 0 radical (unpaired) electrons. The zero-order chi connectivity index (χ0) is 14.9. The van der Waals surface area contributed by atoms with Gasteiger partial charge in [-0.2, -0.15) is 0 Å².